The molecule has 0 bridgehead atoms. The van der Waals surface area contributed by atoms with Crippen molar-refractivity contribution in [3.63, 3.8) is 0 Å². The van der Waals surface area contributed by atoms with Crippen LogP contribution in [0.15, 0.2) is 18.2 Å². The molecule has 0 heterocycles. The van der Waals surface area contributed by atoms with Crippen LogP contribution in [-0.2, 0) is 0 Å². The standard InChI is InChI=1S/C12H10N2/c13-7-10-5-2-6-11(12(10)8-14)9-3-1-4-9/h2,5-6,9H,1,3-4H2. The van der Waals surface area contributed by atoms with Crippen LogP contribution in [0.5, 0.6) is 0 Å². The SMILES string of the molecule is N#Cc1cccc(C2CCC2)c1C#N. The van der Waals surface area contributed by atoms with Crippen molar-refractivity contribution in [1.82, 2.24) is 0 Å². The molecular weight excluding hydrogens is 172 g/mol. The zero-order valence-electron chi connectivity index (χ0n) is 7.83. The number of nitriles is 2. The molecule has 0 spiro atoms. The molecule has 1 aromatic carbocycles. The monoisotopic (exact) mass is 182 g/mol. The lowest BCUT2D eigenvalue weighted by Crippen LogP contribution is -2.11. The molecule has 2 heteroatoms. The van der Waals surface area contributed by atoms with Gasteiger partial charge in [0.2, 0.25) is 0 Å². The van der Waals surface area contributed by atoms with Crippen molar-refractivity contribution >= 4 is 0 Å². The van der Waals surface area contributed by atoms with Gasteiger partial charge in [0, 0.05) is 0 Å². The molecule has 0 aromatic heterocycles. The van der Waals surface area contributed by atoms with Crippen LogP contribution in [0.1, 0.15) is 41.9 Å². The Hall–Kier alpha value is -1.80. The van der Waals surface area contributed by atoms with Gasteiger partial charge in [0.05, 0.1) is 11.1 Å². The molecule has 0 atom stereocenters. The van der Waals surface area contributed by atoms with Crippen molar-refractivity contribution in [2.45, 2.75) is 25.2 Å². The lowest BCUT2D eigenvalue weighted by molar-refractivity contribution is 0.419. The molecule has 1 saturated carbocycles. The van der Waals surface area contributed by atoms with Gasteiger partial charge in [-0.2, -0.15) is 10.5 Å². The van der Waals surface area contributed by atoms with E-state index in [1.165, 1.54) is 6.42 Å². The maximum atomic E-state index is 9.00. The van der Waals surface area contributed by atoms with Crippen LogP contribution >= 0.6 is 0 Å². The average molecular weight is 182 g/mol. The Morgan fingerprint density at radius 1 is 1.14 bits per heavy atom. The number of hydrogen-bond acceptors (Lipinski definition) is 2. The quantitative estimate of drug-likeness (QED) is 0.670. The van der Waals surface area contributed by atoms with Crippen molar-refractivity contribution < 1.29 is 0 Å². The highest BCUT2D eigenvalue weighted by atomic mass is 14.3. The van der Waals surface area contributed by atoms with Crippen LogP contribution < -0.4 is 0 Å². The molecule has 2 nitrogen and oxygen atoms in total. The van der Waals surface area contributed by atoms with Crippen LogP contribution in [0.4, 0.5) is 0 Å². The fraction of sp³-hybridized carbons (Fsp3) is 0.333. The van der Waals surface area contributed by atoms with Crippen molar-refractivity contribution in [1.29, 1.82) is 10.5 Å². The van der Waals surface area contributed by atoms with Crippen LogP contribution in [0, 0.1) is 22.7 Å². The molecule has 2 rings (SSSR count). The smallest absolute Gasteiger partial charge is 0.101 e. The Kier molecular flexibility index (Phi) is 2.21. The minimum Gasteiger partial charge on any atom is -0.192 e. The second-order valence-corrected chi connectivity index (χ2v) is 3.62. The summed E-state index contributed by atoms with van der Waals surface area (Å²) in [6.07, 6.45) is 3.56. The predicted molar refractivity (Wildman–Crippen MR) is 52.5 cm³/mol. The van der Waals surface area contributed by atoms with Gasteiger partial charge >= 0.3 is 0 Å². The van der Waals surface area contributed by atoms with Crippen LogP contribution in [0.25, 0.3) is 0 Å². The zero-order chi connectivity index (χ0) is 9.97. The fourth-order valence-corrected chi connectivity index (χ4v) is 1.85. The predicted octanol–water partition coefficient (Wildman–Crippen LogP) is 2.70. The number of rotatable bonds is 1. The van der Waals surface area contributed by atoms with E-state index in [9.17, 15) is 0 Å². The lowest BCUT2D eigenvalue weighted by Gasteiger charge is -2.26. The normalized spacial score (nSPS) is 15.3. The summed E-state index contributed by atoms with van der Waals surface area (Å²) in [6, 6.07) is 9.76. The Morgan fingerprint density at radius 2 is 1.93 bits per heavy atom. The van der Waals surface area contributed by atoms with Gasteiger partial charge in [0.1, 0.15) is 12.1 Å². The van der Waals surface area contributed by atoms with E-state index in [1.807, 2.05) is 12.1 Å². The van der Waals surface area contributed by atoms with E-state index in [0.29, 0.717) is 17.0 Å². The summed E-state index contributed by atoms with van der Waals surface area (Å²) in [6.45, 7) is 0. The maximum absolute atomic E-state index is 9.00. The van der Waals surface area contributed by atoms with Crippen LogP contribution in [-0.4, -0.2) is 0 Å². The summed E-state index contributed by atoms with van der Waals surface area (Å²) < 4.78 is 0. The van der Waals surface area contributed by atoms with Crippen molar-refractivity contribution in [2.75, 3.05) is 0 Å². The van der Waals surface area contributed by atoms with E-state index in [1.54, 1.807) is 6.07 Å². The molecule has 0 amide bonds. The molecule has 0 unspecified atom stereocenters. The number of hydrogen-bond donors (Lipinski definition) is 0. The maximum Gasteiger partial charge on any atom is 0.101 e. The first-order valence-corrected chi connectivity index (χ1v) is 4.80. The molecule has 1 aliphatic rings. The second kappa shape index (κ2) is 3.52. The third-order valence-electron chi connectivity index (χ3n) is 2.87. The van der Waals surface area contributed by atoms with Crippen molar-refractivity contribution in [2.24, 2.45) is 0 Å². The lowest BCUT2D eigenvalue weighted by atomic mass is 9.77. The Labute approximate surface area is 83.4 Å². The molecular formula is C12H10N2. The van der Waals surface area contributed by atoms with Gasteiger partial charge in [-0.25, -0.2) is 0 Å². The van der Waals surface area contributed by atoms with Gasteiger partial charge in [-0.05, 0) is 30.4 Å². The Balaban J connectivity index is 2.50. The van der Waals surface area contributed by atoms with Crippen LogP contribution in [0.2, 0.25) is 0 Å². The van der Waals surface area contributed by atoms with Gasteiger partial charge in [-0.15, -0.1) is 0 Å². The summed E-state index contributed by atoms with van der Waals surface area (Å²) in [5.41, 5.74) is 2.16. The van der Waals surface area contributed by atoms with E-state index in [2.05, 4.69) is 12.1 Å². The summed E-state index contributed by atoms with van der Waals surface area (Å²) >= 11 is 0. The van der Waals surface area contributed by atoms with E-state index in [-0.39, 0.29) is 0 Å². The summed E-state index contributed by atoms with van der Waals surface area (Å²) in [4.78, 5) is 0. The topological polar surface area (TPSA) is 47.6 Å². The molecule has 0 saturated heterocycles. The second-order valence-electron chi connectivity index (χ2n) is 3.62. The fourth-order valence-electron chi connectivity index (χ4n) is 1.85. The molecule has 0 aliphatic heterocycles. The van der Waals surface area contributed by atoms with Gasteiger partial charge in [0.15, 0.2) is 0 Å². The molecule has 14 heavy (non-hydrogen) atoms. The summed E-state index contributed by atoms with van der Waals surface area (Å²) in [7, 11) is 0. The molecule has 0 radical (unpaired) electrons. The third-order valence-corrected chi connectivity index (χ3v) is 2.87. The summed E-state index contributed by atoms with van der Waals surface area (Å²) in [5.74, 6) is 0.512. The first kappa shape index (κ1) is 8.78. The third kappa shape index (κ3) is 1.26. The van der Waals surface area contributed by atoms with E-state index in [0.717, 1.165) is 18.4 Å². The molecule has 1 fully saturated rings. The Bertz CT molecular complexity index is 431. The van der Waals surface area contributed by atoms with Crippen molar-refractivity contribution in [3.8, 4) is 12.1 Å². The zero-order valence-corrected chi connectivity index (χ0v) is 7.83. The largest absolute Gasteiger partial charge is 0.192 e. The van der Waals surface area contributed by atoms with Gasteiger partial charge in [0.25, 0.3) is 0 Å². The average Bonchev–Trinajstić information content (AvgIpc) is 2.15. The van der Waals surface area contributed by atoms with Crippen LogP contribution in [0.3, 0.4) is 0 Å². The minimum absolute atomic E-state index is 0.511. The first-order chi connectivity index (χ1) is 6.86. The van der Waals surface area contributed by atoms with Gasteiger partial charge in [-0.1, -0.05) is 18.6 Å². The van der Waals surface area contributed by atoms with E-state index in [4.69, 9.17) is 10.5 Å². The summed E-state index contributed by atoms with van der Waals surface area (Å²) in [5, 5.41) is 17.8. The van der Waals surface area contributed by atoms with Crippen molar-refractivity contribution in [3.05, 3.63) is 34.9 Å². The number of nitrogens with zero attached hydrogens (tertiary/aromatic N) is 2. The van der Waals surface area contributed by atoms with Gasteiger partial charge in [-0.3, -0.25) is 0 Å². The first-order valence-electron chi connectivity index (χ1n) is 4.80. The molecule has 1 aromatic rings. The highest BCUT2D eigenvalue weighted by Crippen LogP contribution is 2.38. The number of benzene rings is 1. The highest BCUT2D eigenvalue weighted by Gasteiger charge is 2.23. The molecule has 1 aliphatic carbocycles. The highest BCUT2D eigenvalue weighted by molar-refractivity contribution is 5.51. The van der Waals surface area contributed by atoms with E-state index >= 15 is 0 Å². The molecule has 68 valence electrons. The minimum atomic E-state index is 0.511. The molecule has 0 N–H and O–H groups in total. The Morgan fingerprint density at radius 3 is 2.43 bits per heavy atom. The van der Waals surface area contributed by atoms with E-state index < -0.39 is 0 Å². The van der Waals surface area contributed by atoms with Gasteiger partial charge < -0.3 is 0 Å².